The maximum Gasteiger partial charge on any atom is -0.00177 e. The van der Waals surface area contributed by atoms with Crippen molar-refractivity contribution in [2.24, 2.45) is 17.8 Å². The molecule has 2 aliphatic carbocycles. The number of rotatable bonds is 5. The quantitative estimate of drug-likeness (QED) is 0.596. The Morgan fingerprint density at radius 1 is 1.36 bits per heavy atom. The van der Waals surface area contributed by atoms with Crippen molar-refractivity contribution in [3.63, 3.8) is 0 Å². The van der Waals surface area contributed by atoms with Crippen LogP contribution in [0.25, 0.3) is 0 Å². The summed E-state index contributed by atoms with van der Waals surface area (Å²) < 4.78 is 0. The summed E-state index contributed by atoms with van der Waals surface area (Å²) in [4.78, 5) is 0. The van der Waals surface area contributed by atoms with E-state index in [-0.39, 0.29) is 0 Å². The van der Waals surface area contributed by atoms with Gasteiger partial charge in [-0.3, -0.25) is 0 Å². The van der Waals surface area contributed by atoms with Gasteiger partial charge in [-0.05, 0) is 56.5 Å². The van der Waals surface area contributed by atoms with Crippen molar-refractivity contribution in [3.8, 4) is 0 Å². The molecule has 2 atom stereocenters. The van der Waals surface area contributed by atoms with Crippen molar-refractivity contribution in [2.45, 2.75) is 32.6 Å². The third-order valence-corrected chi connectivity index (χ3v) is 3.04. The monoisotopic (exact) mass is 153 g/mol. The highest BCUT2D eigenvalue weighted by Gasteiger charge is 2.46. The number of hydrogen-bond acceptors (Lipinski definition) is 1. The predicted octanol–water partition coefficient (Wildman–Crippen LogP) is 2.03. The summed E-state index contributed by atoms with van der Waals surface area (Å²) in [6.45, 7) is 4.75. The van der Waals surface area contributed by atoms with Crippen LogP contribution in [-0.2, 0) is 0 Å². The molecule has 1 heteroatoms. The Balaban J connectivity index is 1.53. The lowest BCUT2D eigenvalue weighted by Gasteiger charge is -2.00. The van der Waals surface area contributed by atoms with E-state index in [0.717, 1.165) is 17.8 Å². The van der Waals surface area contributed by atoms with Gasteiger partial charge < -0.3 is 5.32 Å². The number of nitrogens with one attached hydrogen (secondary N) is 1. The third-order valence-electron chi connectivity index (χ3n) is 3.04. The fourth-order valence-corrected chi connectivity index (χ4v) is 2.07. The average molecular weight is 153 g/mol. The maximum absolute atomic E-state index is 3.51. The van der Waals surface area contributed by atoms with Gasteiger partial charge >= 0.3 is 0 Å². The smallest absolute Gasteiger partial charge is 0.00177 e. The van der Waals surface area contributed by atoms with E-state index in [4.69, 9.17) is 0 Å². The van der Waals surface area contributed by atoms with Crippen molar-refractivity contribution in [1.29, 1.82) is 0 Å². The van der Waals surface area contributed by atoms with Crippen LogP contribution in [0.3, 0.4) is 0 Å². The Labute approximate surface area is 69.6 Å². The Morgan fingerprint density at radius 3 is 2.82 bits per heavy atom. The minimum atomic E-state index is 1.06. The molecule has 2 unspecified atom stereocenters. The highest BCUT2D eigenvalue weighted by molar-refractivity contribution is 4.97. The van der Waals surface area contributed by atoms with Gasteiger partial charge in [-0.25, -0.2) is 0 Å². The van der Waals surface area contributed by atoms with Gasteiger partial charge in [-0.1, -0.05) is 6.92 Å². The molecule has 0 aromatic rings. The highest BCUT2D eigenvalue weighted by Crippen LogP contribution is 2.53. The first-order valence-electron chi connectivity index (χ1n) is 5.12. The molecule has 1 nitrogen and oxygen atoms in total. The van der Waals surface area contributed by atoms with Crippen molar-refractivity contribution >= 4 is 0 Å². The van der Waals surface area contributed by atoms with Crippen LogP contribution >= 0.6 is 0 Å². The first-order chi connectivity index (χ1) is 5.42. The van der Waals surface area contributed by atoms with Gasteiger partial charge in [0.1, 0.15) is 0 Å². The fraction of sp³-hybridized carbons (Fsp3) is 1.00. The Morgan fingerprint density at radius 2 is 2.18 bits per heavy atom. The molecule has 0 amide bonds. The lowest BCUT2D eigenvalue weighted by atomic mass is 10.2. The molecule has 1 N–H and O–H groups in total. The zero-order valence-electron chi connectivity index (χ0n) is 7.47. The summed E-state index contributed by atoms with van der Waals surface area (Å²) >= 11 is 0. The lowest BCUT2D eigenvalue weighted by molar-refractivity contribution is 0.565. The van der Waals surface area contributed by atoms with Gasteiger partial charge in [0.2, 0.25) is 0 Å². The first-order valence-corrected chi connectivity index (χ1v) is 5.12. The Kier molecular flexibility index (Phi) is 2.17. The molecular weight excluding hydrogens is 134 g/mol. The molecule has 0 radical (unpaired) electrons. The first kappa shape index (κ1) is 7.60. The molecule has 11 heavy (non-hydrogen) atoms. The van der Waals surface area contributed by atoms with Gasteiger partial charge in [-0.15, -0.1) is 0 Å². The topological polar surface area (TPSA) is 12.0 Å². The summed E-state index contributed by atoms with van der Waals surface area (Å²) in [6, 6.07) is 0. The van der Waals surface area contributed by atoms with E-state index >= 15 is 0 Å². The molecule has 0 aliphatic heterocycles. The summed E-state index contributed by atoms with van der Waals surface area (Å²) in [5.41, 5.74) is 0. The van der Waals surface area contributed by atoms with Gasteiger partial charge in [0, 0.05) is 0 Å². The highest BCUT2D eigenvalue weighted by atomic mass is 14.9. The molecule has 0 saturated heterocycles. The van der Waals surface area contributed by atoms with Crippen molar-refractivity contribution in [1.82, 2.24) is 5.32 Å². The summed E-state index contributed by atoms with van der Waals surface area (Å²) in [6.07, 6.45) is 5.88. The molecule has 2 rings (SSSR count). The Bertz CT molecular complexity index is 129. The second-order valence-electron chi connectivity index (χ2n) is 4.20. The molecule has 2 saturated carbocycles. The summed E-state index contributed by atoms with van der Waals surface area (Å²) in [5, 5.41) is 3.51. The molecule has 0 bridgehead atoms. The van der Waals surface area contributed by atoms with Crippen molar-refractivity contribution in [3.05, 3.63) is 0 Å². The van der Waals surface area contributed by atoms with E-state index in [1.165, 1.54) is 38.8 Å². The van der Waals surface area contributed by atoms with Crippen LogP contribution in [0.2, 0.25) is 0 Å². The molecule has 2 aliphatic rings. The van der Waals surface area contributed by atoms with E-state index in [1.54, 1.807) is 0 Å². The van der Waals surface area contributed by atoms with Crippen LogP contribution in [0.4, 0.5) is 0 Å². The van der Waals surface area contributed by atoms with E-state index in [9.17, 15) is 0 Å². The zero-order valence-corrected chi connectivity index (χ0v) is 7.47. The zero-order chi connectivity index (χ0) is 7.68. The van der Waals surface area contributed by atoms with Crippen molar-refractivity contribution < 1.29 is 0 Å². The van der Waals surface area contributed by atoms with Crippen LogP contribution in [0.5, 0.6) is 0 Å². The minimum Gasteiger partial charge on any atom is -0.316 e. The van der Waals surface area contributed by atoms with Crippen molar-refractivity contribution in [2.75, 3.05) is 13.1 Å². The summed E-state index contributed by atoms with van der Waals surface area (Å²) in [7, 11) is 0. The molecule has 0 aromatic heterocycles. The van der Waals surface area contributed by atoms with Crippen LogP contribution in [0, 0.1) is 17.8 Å². The van der Waals surface area contributed by atoms with Gasteiger partial charge in [-0.2, -0.15) is 0 Å². The van der Waals surface area contributed by atoms with Gasteiger partial charge in [0.25, 0.3) is 0 Å². The molecule has 2 fully saturated rings. The van der Waals surface area contributed by atoms with Gasteiger partial charge in [0.15, 0.2) is 0 Å². The molecule has 0 heterocycles. The fourth-order valence-electron chi connectivity index (χ4n) is 2.07. The van der Waals surface area contributed by atoms with Crippen LogP contribution in [0.1, 0.15) is 32.6 Å². The second kappa shape index (κ2) is 3.14. The van der Waals surface area contributed by atoms with Gasteiger partial charge in [0.05, 0.1) is 0 Å². The maximum atomic E-state index is 3.51. The standard InChI is InChI=1S/C10H19N/c1-2-5-11-7-9-6-10(9)8-3-4-8/h8-11H,2-7H2,1H3. The Hall–Kier alpha value is -0.0400. The largest absolute Gasteiger partial charge is 0.316 e. The van der Waals surface area contributed by atoms with Crippen LogP contribution in [0.15, 0.2) is 0 Å². The molecule has 0 spiro atoms. The molecule has 0 aromatic carbocycles. The SMILES string of the molecule is CCCNCC1CC1C1CC1. The predicted molar refractivity (Wildman–Crippen MR) is 47.5 cm³/mol. The average Bonchev–Trinajstić information content (AvgIpc) is 2.83. The van der Waals surface area contributed by atoms with Crippen LogP contribution in [-0.4, -0.2) is 13.1 Å². The van der Waals surface area contributed by atoms with Crippen LogP contribution < -0.4 is 5.32 Å². The second-order valence-corrected chi connectivity index (χ2v) is 4.20. The van der Waals surface area contributed by atoms with E-state index < -0.39 is 0 Å². The summed E-state index contributed by atoms with van der Waals surface area (Å²) in [5.74, 6) is 3.36. The van der Waals surface area contributed by atoms with E-state index in [2.05, 4.69) is 12.2 Å². The number of hydrogen-bond donors (Lipinski definition) is 1. The lowest BCUT2D eigenvalue weighted by Crippen LogP contribution is -2.18. The van der Waals surface area contributed by atoms with E-state index in [1.807, 2.05) is 0 Å². The molecule has 64 valence electrons. The third kappa shape index (κ3) is 1.96. The van der Waals surface area contributed by atoms with E-state index in [0.29, 0.717) is 0 Å². The molecular formula is C10H19N. The minimum absolute atomic E-state index is 1.06. The normalized spacial score (nSPS) is 35.7.